The van der Waals surface area contributed by atoms with Crippen molar-refractivity contribution in [3.05, 3.63) is 82.0 Å². The molecule has 2 aliphatic heterocycles. The third-order valence-corrected chi connectivity index (χ3v) is 7.49. The average molecular weight is 592 g/mol. The lowest BCUT2D eigenvalue weighted by Gasteiger charge is -2.39. The van der Waals surface area contributed by atoms with Gasteiger partial charge in [-0.3, -0.25) is 19.3 Å². The van der Waals surface area contributed by atoms with Gasteiger partial charge in [-0.15, -0.1) is 0 Å². The largest absolute Gasteiger partial charge is 0.493 e. The number of rotatable bonds is 6. The molecule has 3 heterocycles. The number of carbonyl (C=O) groups excluding carboxylic acids is 2. The number of aromatic amines is 1. The Balaban J connectivity index is 1.41. The van der Waals surface area contributed by atoms with Crippen LogP contribution in [-0.4, -0.2) is 90.7 Å². The van der Waals surface area contributed by atoms with Crippen LogP contribution in [0.25, 0.3) is 0 Å². The lowest BCUT2D eigenvalue weighted by molar-refractivity contribution is -0.125. The summed E-state index contributed by atoms with van der Waals surface area (Å²) >= 11 is 0. The van der Waals surface area contributed by atoms with E-state index in [2.05, 4.69) is 20.2 Å². The molecule has 12 heteroatoms. The van der Waals surface area contributed by atoms with Gasteiger partial charge in [-0.2, -0.15) is 0 Å². The molecule has 0 saturated carbocycles. The second kappa shape index (κ2) is 14.3. The van der Waals surface area contributed by atoms with Crippen LogP contribution in [0.3, 0.4) is 0 Å². The number of ether oxygens (including phenoxy) is 4. The van der Waals surface area contributed by atoms with Crippen molar-refractivity contribution in [2.24, 2.45) is 0 Å². The number of H-pyrrole nitrogens is 1. The zero-order chi connectivity index (χ0) is 30.2. The van der Waals surface area contributed by atoms with Gasteiger partial charge in [0.1, 0.15) is 11.4 Å². The van der Waals surface area contributed by atoms with Crippen molar-refractivity contribution in [1.29, 1.82) is 0 Å². The average Bonchev–Trinajstić information content (AvgIpc) is 3.00. The summed E-state index contributed by atoms with van der Waals surface area (Å²) in [5.74, 6) is 1.35. The molecule has 2 amide bonds. The minimum absolute atomic E-state index is 0.137. The van der Waals surface area contributed by atoms with Gasteiger partial charge in [0.2, 0.25) is 5.91 Å². The molecule has 2 aliphatic rings. The molecule has 3 aromatic rings. The van der Waals surface area contributed by atoms with Gasteiger partial charge in [0.25, 0.3) is 11.5 Å². The molecule has 0 aliphatic carbocycles. The van der Waals surface area contributed by atoms with E-state index in [1.165, 1.54) is 6.20 Å². The molecule has 228 valence electrons. The van der Waals surface area contributed by atoms with Crippen LogP contribution in [0.15, 0.2) is 59.7 Å². The van der Waals surface area contributed by atoms with E-state index in [1.54, 1.807) is 19.1 Å². The highest BCUT2D eigenvalue weighted by Crippen LogP contribution is 2.33. The van der Waals surface area contributed by atoms with E-state index in [-0.39, 0.29) is 42.3 Å². The molecular weight excluding hydrogens is 554 g/mol. The Kier molecular flexibility index (Phi) is 10.0. The summed E-state index contributed by atoms with van der Waals surface area (Å²) in [6.45, 7) is 2.80. The van der Waals surface area contributed by atoms with Crippen LogP contribution in [-0.2, 0) is 27.4 Å². The molecule has 0 unspecified atom stereocenters. The molecule has 0 radical (unpaired) electrons. The molecule has 1 saturated heterocycles. The molecule has 1 fully saturated rings. The topological polar surface area (TPSA) is 135 Å². The maximum atomic E-state index is 13.5. The van der Waals surface area contributed by atoms with Gasteiger partial charge >= 0.3 is 0 Å². The second-order valence-electron chi connectivity index (χ2n) is 10.7. The van der Waals surface area contributed by atoms with E-state index >= 15 is 0 Å². The maximum Gasteiger partial charge on any atom is 0.274 e. The van der Waals surface area contributed by atoms with Crippen LogP contribution in [0.4, 0.5) is 0 Å². The standard InChI is InChI=1S/C31H37N5O7/c1-40-12-4-10-35-17-21-7-8-27(41-2)28(14-21)43-23-6-3-5-22(13-23)20-42-26-9-11-36(18-25(26)34-30(38)19-35)31(39)24-15-33-29(37)16-32-24/h3,5-8,13-16,25-26H,4,9-12,17-20H2,1-2H3,(H,33,37)(H,34,38)/t25-,26+/m0/s1. The van der Waals surface area contributed by atoms with Gasteiger partial charge in [0.15, 0.2) is 11.5 Å². The molecule has 4 bridgehead atoms. The predicted molar refractivity (Wildman–Crippen MR) is 157 cm³/mol. The predicted octanol–water partition coefficient (Wildman–Crippen LogP) is 2.34. The molecule has 2 atom stereocenters. The number of benzene rings is 2. The Labute approximate surface area is 249 Å². The number of nitrogens with one attached hydrogen (secondary N) is 2. The molecule has 12 nitrogen and oxygen atoms in total. The third kappa shape index (κ3) is 7.98. The van der Waals surface area contributed by atoms with Crippen molar-refractivity contribution in [3.8, 4) is 17.2 Å². The molecule has 5 rings (SSSR count). The summed E-state index contributed by atoms with van der Waals surface area (Å²) in [5, 5.41) is 3.14. The van der Waals surface area contributed by atoms with Gasteiger partial charge in [-0.05, 0) is 48.2 Å². The smallest absolute Gasteiger partial charge is 0.274 e. The zero-order valence-corrected chi connectivity index (χ0v) is 24.4. The summed E-state index contributed by atoms with van der Waals surface area (Å²) in [6.07, 6.45) is 3.32. The van der Waals surface area contributed by atoms with Crippen LogP contribution in [0.5, 0.6) is 17.2 Å². The SMILES string of the molecule is COCCCN1CC(=O)N[C@H]2CN(C(=O)c3c[nH]c(=O)cn3)CC[C@H]2OCc2cccc(c2)Oc2cc(ccc2OC)C1. The molecular formula is C31H37N5O7. The Morgan fingerprint density at radius 2 is 2.00 bits per heavy atom. The normalized spacial score (nSPS) is 19.6. The van der Waals surface area contributed by atoms with Crippen molar-refractivity contribution in [2.45, 2.75) is 38.1 Å². The highest BCUT2D eigenvalue weighted by atomic mass is 16.5. The van der Waals surface area contributed by atoms with E-state index in [0.29, 0.717) is 56.5 Å². The fraction of sp³-hybridized carbons (Fsp3) is 0.419. The van der Waals surface area contributed by atoms with Crippen LogP contribution in [0.2, 0.25) is 0 Å². The second-order valence-corrected chi connectivity index (χ2v) is 10.7. The molecule has 1 aromatic heterocycles. The summed E-state index contributed by atoms with van der Waals surface area (Å²) in [6, 6.07) is 13.0. The third-order valence-electron chi connectivity index (χ3n) is 7.49. The molecule has 2 N–H and O–H groups in total. The Morgan fingerprint density at radius 1 is 1.12 bits per heavy atom. The highest BCUT2D eigenvalue weighted by molar-refractivity contribution is 5.92. The van der Waals surface area contributed by atoms with E-state index < -0.39 is 6.04 Å². The van der Waals surface area contributed by atoms with Gasteiger partial charge in [0.05, 0.1) is 38.6 Å². The number of likely N-dealkylation sites (tertiary alicyclic amines) is 1. The number of aromatic nitrogens is 2. The summed E-state index contributed by atoms with van der Waals surface area (Å²) < 4.78 is 23.4. The van der Waals surface area contributed by atoms with Crippen LogP contribution in [0.1, 0.15) is 34.5 Å². The fourth-order valence-electron chi connectivity index (χ4n) is 5.36. The van der Waals surface area contributed by atoms with Gasteiger partial charge in [0, 0.05) is 46.1 Å². The Bertz CT molecular complexity index is 1460. The first kappa shape index (κ1) is 30.2. The van der Waals surface area contributed by atoms with E-state index in [1.807, 2.05) is 42.5 Å². The number of amides is 2. The quantitative estimate of drug-likeness (QED) is 0.414. The van der Waals surface area contributed by atoms with Crippen molar-refractivity contribution < 1.29 is 28.5 Å². The first-order valence-electron chi connectivity index (χ1n) is 14.3. The number of piperidine rings is 1. The Hall–Kier alpha value is -4.26. The maximum absolute atomic E-state index is 13.5. The van der Waals surface area contributed by atoms with Gasteiger partial charge in [-0.1, -0.05) is 18.2 Å². The first-order chi connectivity index (χ1) is 20.9. The van der Waals surface area contributed by atoms with Crippen molar-refractivity contribution in [2.75, 3.05) is 47.0 Å². The van der Waals surface area contributed by atoms with Gasteiger partial charge < -0.3 is 34.1 Å². The van der Waals surface area contributed by atoms with Crippen LogP contribution in [0, 0.1) is 0 Å². The zero-order valence-electron chi connectivity index (χ0n) is 24.4. The van der Waals surface area contributed by atoms with Crippen LogP contribution < -0.4 is 20.3 Å². The number of methoxy groups -OCH3 is 2. The molecule has 43 heavy (non-hydrogen) atoms. The fourth-order valence-corrected chi connectivity index (χ4v) is 5.36. The van der Waals surface area contributed by atoms with Crippen molar-refractivity contribution in [1.82, 2.24) is 25.1 Å². The number of fused-ring (bicyclic) bond motifs is 5. The molecule has 0 spiro atoms. The van der Waals surface area contributed by atoms with Crippen molar-refractivity contribution in [3.63, 3.8) is 0 Å². The minimum atomic E-state index is -0.450. The summed E-state index contributed by atoms with van der Waals surface area (Å²) in [5.41, 5.74) is 1.63. The minimum Gasteiger partial charge on any atom is -0.493 e. The van der Waals surface area contributed by atoms with E-state index in [4.69, 9.17) is 18.9 Å². The van der Waals surface area contributed by atoms with E-state index in [0.717, 1.165) is 23.7 Å². The molecule has 2 aromatic carbocycles. The monoisotopic (exact) mass is 591 g/mol. The number of hydrogen-bond donors (Lipinski definition) is 2. The highest BCUT2D eigenvalue weighted by Gasteiger charge is 2.34. The number of nitrogens with zero attached hydrogens (tertiary/aromatic N) is 3. The summed E-state index contributed by atoms with van der Waals surface area (Å²) in [7, 11) is 3.26. The first-order valence-corrected chi connectivity index (χ1v) is 14.3. The number of carbonyl (C=O) groups is 2. The van der Waals surface area contributed by atoms with Crippen molar-refractivity contribution >= 4 is 11.8 Å². The van der Waals surface area contributed by atoms with Gasteiger partial charge in [-0.25, -0.2) is 4.98 Å². The summed E-state index contributed by atoms with van der Waals surface area (Å²) in [4.78, 5) is 48.3. The lowest BCUT2D eigenvalue weighted by atomic mass is 10.0. The van der Waals surface area contributed by atoms with E-state index in [9.17, 15) is 14.4 Å². The lowest BCUT2D eigenvalue weighted by Crippen LogP contribution is -2.58. The Morgan fingerprint density at radius 3 is 2.79 bits per heavy atom. The van der Waals surface area contributed by atoms with Crippen LogP contribution >= 0.6 is 0 Å². The number of hydrogen-bond acceptors (Lipinski definition) is 9.